The molecule has 21 heavy (non-hydrogen) atoms. The lowest BCUT2D eigenvalue weighted by molar-refractivity contribution is 0.0773. The van der Waals surface area contributed by atoms with Crippen molar-refractivity contribution >= 4 is 5.69 Å². The normalized spacial score (nSPS) is 21.2. The van der Waals surface area contributed by atoms with Crippen LogP contribution in [-0.4, -0.2) is 36.5 Å². The topological polar surface area (TPSA) is 69.4 Å². The van der Waals surface area contributed by atoms with Gasteiger partial charge in [-0.1, -0.05) is 11.2 Å². The molecule has 3 heterocycles. The molecule has 0 saturated carbocycles. The average Bonchev–Trinajstić information content (AvgIpc) is 3.05. The Labute approximate surface area is 122 Å². The summed E-state index contributed by atoms with van der Waals surface area (Å²) in [5.41, 5.74) is 1.81. The predicted molar refractivity (Wildman–Crippen MR) is 76.5 cm³/mol. The highest BCUT2D eigenvalue weighted by Gasteiger charge is 2.24. The van der Waals surface area contributed by atoms with Crippen molar-refractivity contribution in [1.29, 1.82) is 0 Å². The fourth-order valence-electron chi connectivity index (χ4n) is 2.79. The Bertz CT molecular complexity index is 635. The lowest BCUT2D eigenvalue weighted by Gasteiger charge is -2.20. The number of anilines is 1. The molecule has 0 spiro atoms. The summed E-state index contributed by atoms with van der Waals surface area (Å²) in [7, 11) is 0. The highest BCUT2D eigenvalue weighted by atomic mass is 16.5. The van der Waals surface area contributed by atoms with E-state index in [9.17, 15) is 0 Å². The minimum Gasteiger partial charge on any atom is -0.489 e. The van der Waals surface area contributed by atoms with Crippen LogP contribution in [0.1, 0.15) is 24.6 Å². The van der Waals surface area contributed by atoms with Gasteiger partial charge in [0.1, 0.15) is 6.61 Å². The summed E-state index contributed by atoms with van der Waals surface area (Å²) < 4.78 is 16.7. The molecule has 6 nitrogen and oxygen atoms in total. The van der Waals surface area contributed by atoms with Crippen LogP contribution in [0.4, 0.5) is 5.69 Å². The number of para-hydroxylation sites is 1. The van der Waals surface area contributed by atoms with E-state index in [1.165, 1.54) is 0 Å². The fourth-order valence-corrected chi connectivity index (χ4v) is 2.79. The van der Waals surface area contributed by atoms with Crippen LogP contribution in [-0.2, 0) is 4.74 Å². The van der Waals surface area contributed by atoms with E-state index in [0.29, 0.717) is 19.1 Å². The van der Waals surface area contributed by atoms with Gasteiger partial charge in [-0.2, -0.15) is 4.98 Å². The maximum absolute atomic E-state index is 5.75. The average molecular weight is 287 g/mol. The second kappa shape index (κ2) is 5.37. The van der Waals surface area contributed by atoms with E-state index < -0.39 is 0 Å². The summed E-state index contributed by atoms with van der Waals surface area (Å²) in [6, 6.07) is 5.90. The van der Waals surface area contributed by atoms with E-state index in [2.05, 4.69) is 15.5 Å². The molecule has 1 N–H and O–H groups in total. The van der Waals surface area contributed by atoms with Crippen LogP contribution in [0.3, 0.4) is 0 Å². The summed E-state index contributed by atoms with van der Waals surface area (Å²) >= 11 is 0. The number of aromatic nitrogens is 2. The molecule has 110 valence electrons. The molecular formula is C15H17N3O3. The number of hydrogen-bond acceptors (Lipinski definition) is 6. The summed E-state index contributed by atoms with van der Waals surface area (Å²) in [4.78, 5) is 4.55. The van der Waals surface area contributed by atoms with Gasteiger partial charge >= 0.3 is 0 Å². The van der Waals surface area contributed by atoms with Crippen molar-refractivity contribution in [3.8, 4) is 17.2 Å². The zero-order valence-corrected chi connectivity index (χ0v) is 11.7. The lowest BCUT2D eigenvalue weighted by atomic mass is 10.0. The zero-order valence-electron chi connectivity index (χ0n) is 11.7. The Morgan fingerprint density at radius 1 is 1.24 bits per heavy atom. The number of benzene rings is 1. The third-order valence-corrected chi connectivity index (χ3v) is 3.88. The summed E-state index contributed by atoms with van der Waals surface area (Å²) in [6.07, 6.45) is 2.09. The first kappa shape index (κ1) is 12.6. The summed E-state index contributed by atoms with van der Waals surface area (Å²) in [5.74, 6) is 2.26. The predicted octanol–water partition coefficient (Wildman–Crippen LogP) is 2.43. The molecule has 1 fully saturated rings. The maximum Gasteiger partial charge on any atom is 0.261 e. The van der Waals surface area contributed by atoms with Crippen molar-refractivity contribution in [3.05, 3.63) is 24.0 Å². The molecule has 1 aromatic heterocycles. The van der Waals surface area contributed by atoms with Crippen molar-refractivity contribution in [1.82, 2.24) is 10.1 Å². The Hall–Kier alpha value is -2.08. The molecule has 0 aliphatic carbocycles. The van der Waals surface area contributed by atoms with E-state index in [1.807, 2.05) is 18.2 Å². The van der Waals surface area contributed by atoms with Crippen molar-refractivity contribution in [2.24, 2.45) is 0 Å². The highest BCUT2D eigenvalue weighted by molar-refractivity contribution is 5.74. The number of nitrogens with zero attached hydrogens (tertiary/aromatic N) is 2. The van der Waals surface area contributed by atoms with Crippen LogP contribution >= 0.6 is 0 Å². The number of hydrogen-bond donors (Lipinski definition) is 1. The van der Waals surface area contributed by atoms with Gasteiger partial charge in [0, 0.05) is 19.1 Å². The van der Waals surface area contributed by atoms with Crippen LogP contribution in [0, 0.1) is 0 Å². The fraction of sp³-hybridized carbons (Fsp3) is 0.467. The molecule has 1 atom stereocenters. The first-order valence-corrected chi connectivity index (χ1v) is 7.33. The minimum absolute atomic E-state index is 0.231. The van der Waals surface area contributed by atoms with Gasteiger partial charge in [-0.25, -0.2) is 0 Å². The lowest BCUT2D eigenvalue weighted by Crippen LogP contribution is -2.18. The third kappa shape index (κ3) is 2.35. The van der Waals surface area contributed by atoms with E-state index in [0.717, 1.165) is 48.8 Å². The maximum atomic E-state index is 5.75. The van der Waals surface area contributed by atoms with Crippen molar-refractivity contribution < 1.29 is 14.0 Å². The minimum atomic E-state index is 0.231. The quantitative estimate of drug-likeness (QED) is 0.915. The molecular weight excluding hydrogens is 270 g/mol. The monoisotopic (exact) mass is 287 g/mol. The second-order valence-corrected chi connectivity index (χ2v) is 5.33. The molecule has 2 aliphatic rings. The third-order valence-electron chi connectivity index (χ3n) is 3.88. The van der Waals surface area contributed by atoms with Gasteiger partial charge in [-0.3, -0.25) is 0 Å². The van der Waals surface area contributed by atoms with Gasteiger partial charge in [0.15, 0.2) is 11.6 Å². The Kier molecular flexibility index (Phi) is 3.23. The molecule has 2 aromatic rings. The highest BCUT2D eigenvalue weighted by Crippen LogP contribution is 2.37. The molecule has 1 aromatic carbocycles. The molecule has 0 radical (unpaired) electrons. The van der Waals surface area contributed by atoms with E-state index in [4.69, 9.17) is 14.0 Å². The van der Waals surface area contributed by atoms with E-state index in [1.54, 1.807) is 0 Å². The number of nitrogens with one attached hydrogen (secondary N) is 1. The van der Waals surface area contributed by atoms with Crippen LogP contribution < -0.4 is 10.1 Å². The molecule has 0 bridgehead atoms. The van der Waals surface area contributed by atoms with Gasteiger partial charge < -0.3 is 19.3 Å². The van der Waals surface area contributed by atoms with E-state index in [-0.39, 0.29) is 5.92 Å². The zero-order chi connectivity index (χ0) is 14.1. The van der Waals surface area contributed by atoms with Crippen LogP contribution in [0.5, 0.6) is 5.75 Å². The Morgan fingerprint density at radius 2 is 2.24 bits per heavy atom. The first-order chi connectivity index (χ1) is 10.4. The largest absolute Gasteiger partial charge is 0.489 e. The molecule has 2 aliphatic heterocycles. The smallest absolute Gasteiger partial charge is 0.261 e. The van der Waals surface area contributed by atoms with Gasteiger partial charge in [0.2, 0.25) is 0 Å². The Morgan fingerprint density at radius 3 is 3.14 bits per heavy atom. The van der Waals surface area contributed by atoms with E-state index >= 15 is 0 Å². The van der Waals surface area contributed by atoms with Gasteiger partial charge in [-0.05, 0) is 25.0 Å². The summed E-state index contributed by atoms with van der Waals surface area (Å²) in [5, 5.41) is 7.43. The summed E-state index contributed by atoms with van der Waals surface area (Å²) in [6.45, 7) is 2.95. The molecule has 0 amide bonds. The second-order valence-electron chi connectivity index (χ2n) is 5.33. The number of rotatable bonds is 2. The van der Waals surface area contributed by atoms with Crippen LogP contribution in [0.15, 0.2) is 22.7 Å². The standard InChI is InChI=1S/C15H17N3O3/c1-4-11(13-12(5-1)16-6-8-20-13)15-17-14(18-21-15)10-3-2-7-19-9-10/h1,4-5,10,16H,2-3,6-9H2. The molecule has 1 saturated heterocycles. The van der Waals surface area contributed by atoms with Crippen molar-refractivity contribution in [3.63, 3.8) is 0 Å². The van der Waals surface area contributed by atoms with Gasteiger partial charge in [0.05, 0.1) is 17.9 Å². The van der Waals surface area contributed by atoms with Crippen LogP contribution in [0.25, 0.3) is 11.5 Å². The Balaban J connectivity index is 1.66. The van der Waals surface area contributed by atoms with Crippen molar-refractivity contribution in [2.45, 2.75) is 18.8 Å². The molecule has 6 heteroatoms. The van der Waals surface area contributed by atoms with Gasteiger partial charge in [-0.15, -0.1) is 0 Å². The molecule has 1 unspecified atom stereocenters. The molecule has 4 rings (SSSR count). The SMILES string of the molecule is c1cc2c(c(-c3nc(C4CCCOC4)no3)c1)OCCN2. The van der Waals surface area contributed by atoms with Crippen molar-refractivity contribution in [2.75, 3.05) is 31.7 Å². The van der Waals surface area contributed by atoms with Gasteiger partial charge in [0.25, 0.3) is 5.89 Å². The van der Waals surface area contributed by atoms with Crippen LogP contribution in [0.2, 0.25) is 0 Å². The number of ether oxygens (including phenoxy) is 2. The number of fused-ring (bicyclic) bond motifs is 1. The first-order valence-electron chi connectivity index (χ1n) is 7.33.